The molecule has 10 rings (SSSR count). The number of halogens is 3. The van der Waals surface area contributed by atoms with Gasteiger partial charge in [-0.1, -0.05) is 146 Å². The van der Waals surface area contributed by atoms with Crippen molar-refractivity contribution < 1.29 is 124 Å². The number of hydrogen-bond acceptors (Lipinski definition) is 28. The summed E-state index contributed by atoms with van der Waals surface area (Å²) >= 11 is 17.7. The summed E-state index contributed by atoms with van der Waals surface area (Å²) < 4.78 is 38.3. The summed E-state index contributed by atoms with van der Waals surface area (Å²) in [6.45, 7) is 12.0. The number of nitrogens with one attached hydrogen (secondary N) is 6. The Bertz CT molecular complexity index is 5580. The van der Waals surface area contributed by atoms with Gasteiger partial charge in [-0.15, -0.1) is 0 Å². The van der Waals surface area contributed by atoms with Crippen LogP contribution in [0.15, 0.2) is 193 Å². The van der Waals surface area contributed by atoms with Crippen LogP contribution in [0, 0.1) is 29.6 Å². The first kappa shape index (κ1) is 126. The van der Waals surface area contributed by atoms with Gasteiger partial charge < -0.3 is 74.4 Å². The zero-order chi connectivity index (χ0) is 109. The number of esters is 7. The molecule has 6 N–H and O–H groups in total. The second-order valence-electron chi connectivity index (χ2n) is 34.5. The van der Waals surface area contributed by atoms with Crippen molar-refractivity contribution in [3.63, 3.8) is 0 Å². The van der Waals surface area contributed by atoms with Crippen molar-refractivity contribution >= 4 is 158 Å². The van der Waals surface area contributed by atoms with Gasteiger partial charge in [-0.2, -0.15) is 5.10 Å². The fourth-order valence-corrected chi connectivity index (χ4v) is 15.7. The van der Waals surface area contributed by atoms with Crippen molar-refractivity contribution in [2.24, 2.45) is 36.6 Å². The molecule has 36 nitrogen and oxygen atoms in total. The maximum Gasteiger partial charge on any atom is 0.330 e. The van der Waals surface area contributed by atoms with Crippen LogP contribution in [0.25, 0.3) is 10.8 Å². The Balaban J connectivity index is 0.000000361. The third-order valence-corrected chi connectivity index (χ3v) is 24.3. The second kappa shape index (κ2) is 72.2. The highest BCUT2D eigenvalue weighted by Gasteiger charge is 2.31. The lowest BCUT2D eigenvalue weighted by atomic mass is 9.82. The quantitative estimate of drug-likeness (QED) is 0.00900. The number of likely N-dealkylation sites (tertiary alicyclic amines) is 2. The lowest BCUT2D eigenvalue weighted by Gasteiger charge is -2.31. The lowest BCUT2D eigenvalue weighted by molar-refractivity contribution is -0.135. The number of piperidine rings is 2. The van der Waals surface area contributed by atoms with Crippen LogP contribution in [0.5, 0.6) is 0 Å². The SMILES string of the molecule is COC(=O)/C=C/CCC(=O)C1CCN(C(=O)c2ccccc2Cl)CC1.COC(=O)/C=C/CCC(=O)CNC(=O)C1CCC(C)CC1.COC(=O)/C=C/CCC(=O)CNC(=O)c1cccc2ccccc12.COC(=O)/C=C/CCC(=O)c1cc(Cl)ccc1NC(C)=O.COC(=O)/C=C/CNC(=O)C1CCC(C)CC1.COC(=O)/C=C/CNC(=O)c1ccc(C(C)N2CCCCC2)o1.COC(=O)/C=C/CNC(=O)c1nn(C)cc1Cl. The Hall–Kier alpha value is -14.1. The number of ether oxygens (including phenoxy) is 7. The van der Waals surface area contributed by atoms with Gasteiger partial charge in [-0.25, -0.2) is 33.6 Å². The highest BCUT2D eigenvalue weighted by atomic mass is 35.5. The number of methoxy groups -OCH3 is 7. The van der Waals surface area contributed by atoms with E-state index in [1.165, 1.54) is 148 Å². The average Bonchev–Trinajstić information content (AvgIpc) is 1.06. The molecule has 39 heteroatoms. The van der Waals surface area contributed by atoms with Gasteiger partial charge in [-0.05, 0) is 194 Å². The molecule has 2 saturated carbocycles. The number of anilines is 1. The predicted molar refractivity (Wildman–Crippen MR) is 560 cm³/mol. The molecule has 4 aliphatic rings. The molecule has 1 unspecified atom stereocenters. The van der Waals surface area contributed by atoms with E-state index in [0.717, 1.165) is 86.9 Å². The summed E-state index contributed by atoms with van der Waals surface area (Å²) in [6.07, 6.45) is 37.8. The van der Waals surface area contributed by atoms with Crippen LogP contribution >= 0.6 is 34.8 Å². The van der Waals surface area contributed by atoms with Crippen LogP contribution in [-0.4, -0.2) is 235 Å². The number of Topliss-reactive ketones (excluding diaryl/α,β-unsaturated/α-hetero) is 4. The highest BCUT2D eigenvalue weighted by molar-refractivity contribution is 6.34. The number of furan rings is 1. The number of benzene rings is 4. The highest BCUT2D eigenvalue weighted by Crippen LogP contribution is 2.32. The van der Waals surface area contributed by atoms with E-state index in [0.29, 0.717) is 109 Å². The molecule has 2 aliphatic heterocycles. The Labute approximate surface area is 879 Å². The summed E-state index contributed by atoms with van der Waals surface area (Å²) in [7, 11) is 10.8. The minimum atomic E-state index is -0.477. The summed E-state index contributed by atoms with van der Waals surface area (Å²) in [6, 6.07) is 28.5. The smallest absolute Gasteiger partial charge is 0.330 e. The van der Waals surface area contributed by atoms with E-state index in [1.807, 2.05) is 42.5 Å². The number of carbonyl (C=O) groups is 18. The molecule has 2 aromatic heterocycles. The van der Waals surface area contributed by atoms with Gasteiger partial charge in [0.2, 0.25) is 17.7 Å². The van der Waals surface area contributed by atoms with Crippen molar-refractivity contribution in [2.45, 2.75) is 169 Å². The number of aryl methyl sites for hydroxylation is 1. The Morgan fingerprint density at radius 3 is 1.36 bits per heavy atom. The van der Waals surface area contributed by atoms with Crippen molar-refractivity contribution in [1.82, 2.24) is 46.2 Å². The van der Waals surface area contributed by atoms with Gasteiger partial charge in [-0.3, -0.25) is 62.3 Å². The van der Waals surface area contributed by atoms with Gasteiger partial charge in [0.15, 0.2) is 28.8 Å². The van der Waals surface area contributed by atoms with Crippen LogP contribution < -0.4 is 31.9 Å². The van der Waals surface area contributed by atoms with Gasteiger partial charge in [0.1, 0.15) is 11.5 Å². The van der Waals surface area contributed by atoms with Crippen molar-refractivity contribution in [3.8, 4) is 0 Å². The van der Waals surface area contributed by atoms with Crippen molar-refractivity contribution in [1.29, 1.82) is 0 Å². The number of allylic oxidation sites excluding steroid dienone is 4. The molecule has 0 spiro atoms. The van der Waals surface area contributed by atoms with E-state index in [1.54, 1.807) is 90.9 Å². The van der Waals surface area contributed by atoms with Crippen molar-refractivity contribution in [3.05, 3.63) is 237 Å². The molecule has 2 saturated heterocycles. The molecule has 4 fully saturated rings. The Morgan fingerprint density at radius 2 is 0.872 bits per heavy atom. The van der Waals surface area contributed by atoms with E-state index >= 15 is 0 Å². The molecule has 0 radical (unpaired) electrons. The Kier molecular flexibility index (Phi) is 61.6. The monoisotopic (exact) mass is 2110 g/mol. The molecule has 4 heterocycles. The molecule has 1 atom stereocenters. The summed E-state index contributed by atoms with van der Waals surface area (Å²) in [5.41, 5.74) is 1.98. The normalized spacial score (nSPS) is 15.6. The largest absolute Gasteiger partial charge is 0.466 e. The number of rotatable bonds is 40. The molecule has 4 aromatic carbocycles. The van der Waals surface area contributed by atoms with Crippen LogP contribution in [0.1, 0.15) is 226 Å². The standard InChI is InChI=1S/C19H22ClNO4.C19H19NO4.C17H24N2O4.C16H25NO4.C15H16ClNO4.C13H21NO3.C10H12ClN3O3/c1-25-18(23)9-5-4-8-17(22)14-10-12-21(13-11-14)19(24)15-6-2-3-7-16(15)20;1-24-18(22)12-5-3-9-15(21)13-20-19(23)17-11-6-8-14-7-2-4-10-16(14)17;1-13(19-11-4-3-5-12-19)14-8-9-15(23-14)17(21)18-10-6-7-16(20)22-2;1-12-7-9-13(10-8-12)16(20)17-11-14(18)5-3-4-6-15(19)21-2;1-10(18)17-13-8-7-11(16)9-12(13)14(19)5-3-4-6-15(20)21-2;1-10-5-7-11(8-6-10)13(16)14-9-3-4-12(15)17-2;1-14-6-7(11)9(13-14)10(16)12-5-3-4-8(15)17-2/h2-3,5-7,9,14H,4,8,10-13H2,1H3;2,4-8,10-12H,3,9,13H2,1H3,(H,20,23);6-9,13H,3-5,10-12H2,1-2H3,(H,18,21);4,6,12-13H,3,5,7-11H2,1-2H3,(H,17,20);4,6-9H,3,5H2,1-2H3,(H,17,18);3-4,10-11H,5-9H2,1-2H3,(H,14,16);3-4,6H,5H2,1-2H3,(H,12,16)/b9-5+;12-5+;7-6+;2*6-4+;2*4-3+. The number of nitrogens with zero attached hydrogens (tertiary/aromatic N) is 4. The maximum atomic E-state index is 12.5. The van der Waals surface area contributed by atoms with E-state index in [9.17, 15) is 86.3 Å². The van der Waals surface area contributed by atoms with E-state index < -0.39 is 47.7 Å². The minimum Gasteiger partial charge on any atom is -0.466 e. The second-order valence-corrected chi connectivity index (χ2v) is 35.7. The molecule has 7 amide bonds. The van der Waals surface area contributed by atoms with Crippen LogP contribution in [0.3, 0.4) is 0 Å². The van der Waals surface area contributed by atoms with Gasteiger partial charge >= 0.3 is 41.8 Å². The molecule has 802 valence electrons. The number of hydrogen-bond donors (Lipinski definition) is 6. The summed E-state index contributed by atoms with van der Waals surface area (Å²) in [5.74, 6) is -1.68. The number of amides is 7. The van der Waals surface area contributed by atoms with Crippen LogP contribution in [-0.2, 0) is 103 Å². The van der Waals surface area contributed by atoms with E-state index in [-0.39, 0.29) is 138 Å². The maximum absolute atomic E-state index is 12.5. The summed E-state index contributed by atoms with van der Waals surface area (Å²) in [5, 5.41) is 22.8. The topological polar surface area (TPSA) is 481 Å². The van der Waals surface area contributed by atoms with Gasteiger partial charge in [0, 0.05) is 155 Å². The molecule has 0 bridgehead atoms. The average molecular weight is 2110 g/mol. The fraction of sp³-hybridized carbons (Fsp3) is 0.440. The third-order valence-electron chi connectivity index (χ3n) is 23.5. The number of aromatic nitrogens is 2. The van der Waals surface area contributed by atoms with Gasteiger partial charge in [0.05, 0.1) is 90.2 Å². The lowest BCUT2D eigenvalue weighted by Crippen LogP contribution is -2.40. The molecule has 148 heavy (non-hydrogen) atoms. The third kappa shape index (κ3) is 50.8. The van der Waals surface area contributed by atoms with Crippen molar-refractivity contribution in [2.75, 3.05) is 114 Å². The number of carbonyl (C=O) groups excluding carboxylic acids is 18. The zero-order valence-corrected chi connectivity index (χ0v) is 88.4. The molecular formula is C109H139Cl3N10O26. The first-order valence-corrected chi connectivity index (χ1v) is 49.9. The molecular weight excluding hydrogens is 1970 g/mol. The van der Waals surface area contributed by atoms with Crippen LogP contribution in [0.4, 0.5) is 5.69 Å². The summed E-state index contributed by atoms with van der Waals surface area (Å²) in [4.78, 5) is 211. The van der Waals surface area contributed by atoms with Crippen LogP contribution in [0.2, 0.25) is 15.1 Å². The van der Waals surface area contributed by atoms with Gasteiger partial charge in [0.25, 0.3) is 23.6 Å². The van der Waals surface area contributed by atoms with E-state index in [4.69, 9.17) is 39.2 Å². The first-order valence-electron chi connectivity index (χ1n) is 48.7. The molecule has 6 aromatic rings. The van der Waals surface area contributed by atoms with E-state index in [2.05, 4.69) is 95.8 Å². The molecule has 2 aliphatic carbocycles. The number of fused-ring (bicyclic) bond motifs is 1. The number of ketones is 4. The fourth-order valence-electron chi connectivity index (χ4n) is 15.0. The predicted octanol–water partition coefficient (Wildman–Crippen LogP) is 15.4. The zero-order valence-electron chi connectivity index (χ0n) is 86.1. The minimum absolute atomic E-state index is 0.000327. The Morgan fingerprint density at radius 1 is 0.432 bits per heavy atom. The first-order chi connectivity index (χ1) is 70.9.